The predicted molar refractivity (Wildman–Crippen MR) is 122 cm³/mol. The molecule has 1 unspecified atom stereocenters. The van der Waals surface area contributed by atoms with Gasteiger partial charge in [-0.2, -0.15) is 4.31 Å². The van der Waals surface area contributed by atoms with Gasteiger partial charge in [0, 0.05) is 24.4 Å². The molecule has 1 amide bonds. The van der Waals surface area contributed by atoms with Gasteiger partial charge in [-0.05, 0) is 57.0 Å². The van der Waals surface area contributed by atoms with Crippen LogP contribution in [-0.2, 0) is 14.8 Å². The minimum Gasteiger partial charge on any atom is -0.490 e. The number of benzene rings is 2. The Kier molecular flexibility index (Phi) is 6.90. The van der Waals surface area contributed by atoms with Crippen LogP contribution in [0.15, 0.2) is 51.8 Å². The van der Waals surface area contributed by atoms with E-state index >= 15 is 0 Å². The van der Waals surface area contributed by atoms with E-state index in [-0.39, 0.29) is 31.8 Å². The van der Waals surface area contributed by atoms with Gasteiger partial charge < -0.3 is 14.5 Å². The van der Waals surface area contributed by atoms with Crippen molar-refractivity contribution < 1.29 is 31.1 Å². The maximum absolute atomic E-state index is 14.0. The number of carbonyl (C=O) groups is 1. The number of ether oxygens (including phenoxy) is 1. The number of hydrogen-bond acceptors (Lipinski definition) is 5. The molecule has 1 atom stereocenters. The SMILES string of the molecule is CCOc1cccc2cc(C(C)NC(=O)C3CCN(S(=O)(=O)c4cc(F)ccc4F)CC3)oc12. The number of amides is 1. The Morgan fingerprint density at radius 3 is 2.65 bits per heavy atom. The van der Waals surface area contributed by atoms with Crippen molar-refractivity contribution >= 4 is 26.9 Å². The maximum atomic E-state index is 14.0. The van der Waals surface area contributed by atoms with Gasteiger partial charge in [0.2, 0.25) is 15.9 Å². The summed E-state index contributed by atoms with van der Waals surface area (Å²) in [6, 6.07) is 9.37. The van der Waals surface area contributed by atoms with Crippen LogP contribution in [0, 0.1) is 17.6 Å². The van der Waals surface area contributed by atoms with Crippen molar-refractivity contribution in [2.75, 3.05) is 19.7 Å². The summed E-state index contributed by atoms with van der Waals surface area (Å²) >= 11 is 0. The first-order chi connectivity index (χ1) is 16.2. The molecule has 1 aliphatic heterocycles. The summed E-state index contributed by atoms with van der Waals surface area (Å²) in [5.74, 6) is -1.25. The first-order valence-electron chi connectivity index (χ1n) is 11.1. The van der Waals surface area contributed by atoms with Crippen molar-refractivity contribution in [3.63, 3.8) is 0 Å². The van der Waals surface area contributed by atoms with E-state index in [4.69, 9.17) is 9.15 Å². The van der Waals surface area contributed by atoms with Gasteiger partial charge in [0.15, 0.2) is 11.3 Å². The van der Waals surface area contributed by atoms with Crippen molar-refractivity contribution in [3.8, 4) is 5.75 Å². The van der Waals surface area contributed by atoms with E-state index in [1.165, 1.54) is 0 Å². The zero-order valence-corrected chi connectivity index (χ0v) is 19.7. The lowest BCUT2D eigenvalue weighted by molar-refractivity contribution is -0.126. The molecular weight excluding hydrogens is 466 g/mol. The van der Waals surface area contributed by atoms with Gasteiger partial charge in [0.25, 0.3) is 0 Å². The topological polar surface area (TPSA) is 88.9 Å². The fourth-order valence-electron chi connectivity index (χ4n) is 4.11. The molecule has 0 bridgehead atoms. The lowest BCUT2D eigenvalue weighted by Crippen LogP contribution is -2.43. The molecule has 1 saturated heterocycles. The Morgan fingerprint density at radius 2 is 1.94 bits per heavy atom. The lowest BCUT2D eigenvalue weighted by Gasteiger charge is -2.31. The molecule has 0 saturated carbocycles. The summed E-state index contributed by atoms with van der Waals surface area (Å²) in [5.41, 5.74) is 0.614. The van der Waals surface area contributed by atoms with Gasteiger partial charge in [-0.15, -0.1) is 0 Å². The third kappa shape index (κ3) is 4.78. The number of piperidine rings is 1. The van der Waals surface area contributed by atoms with Crippen LogP contribution in [0.1, 0.15) is 38.5 Å². The van der Waals surface area contributed by atoms with Crippen LogP contribution in [0.4, 0.5) is 8.78 Å². The molecule has 3 aromatic rings. The summed E-state index contributed by atoms with van der Waals surface area (Å²) in [6.45, 7) is 4.26. The molecule has 0 aliphatic carbocycles. The summed E-state index contributed by atoms with van der Waals surface area (Å²) in [6.07, 6.45) is 0.534. The summed E-state index contributed by atoms with van der Waals surface area (Å²) in [5, 5.41) is 3.79. The monoisotopic (exact) mass is 492 g/mol. The highest BCUT2D eigenvalue weighted by Gasteiger charge is 2.34. The number of para-hydroxylation sites is 1. The largest absolute Gasteiger partial charge is 0.490 e. The van der Waals surface area contributed by atoms with E-state index in [0.29, 0.717) is 29.8 Å². The fourth-order valence-corrected chi connectivity index (χ4v) is 5.66. The maximum Gasteiger partial charge on any atom is 0.246 e. The number of carbonyl (C=O) groups excluding carboxylic acids is 1. The average Bonchev–Trinajstić information content (AvgIpc) is 3.26. The minimum absolute atomic E-state index is 0.0348. The Hall–Kier alpha value is -2.98. The predicted octanol–water partition coefficient (Wildman–Crippen LogP) is 4.39. The number of fused-ring (bicyclic) bond motifs is 1. The Labute approximate surface area is 196 Å². The molecule has 2 aromatic carbocycles. The van der Waals surface area contributed by atoms with Crippen molar-refractivity contribution in [3.05, 3.63) is 59.9 Å². The van der Waals surface area contributed by atoms with Crippen LogP contribution in [0.25, 0.3) is 11.0 Å². The second-order valence-corrected chi connectivity index (χ2v) is 10.1. The van der Waals surface area contributed by atoms with Gasteiger partial charge in [-0.3, -0.25) is 4.79 Å². The van der Waals surface area contributed by atoms with Crippen molar-refractivity contribution in [2.45, 2.75) is 37.6 Å². The number of nitrogens with zero attached hydrogens (tertiary/aromatic N) is 1. The van der Waals surface area contributed by atoms with E-state index in [2.05, 4.69) is 5.32 Å². The number of hydrogen-bond donors (Lipinski definition) is 1. The van der Waals surface area contributed by atoms with Crippen LogP contribution in [0.3, 0.4) is 0 Å². The molecule has 4 rings (SSSR count). The number of halogens is 2. The van der Waals surface area contributed by atoms with Crippen molar-refractivity contribution in [1.82, 2.24) is 9.62 Å². The molecule has 1 N–H and O–H groups in total. The molecule has 2 heterocycles. The molecule has 182 valence electrons. The first-order valence-corrected chi connectivity index (χ1v) is 12.6. The first kappa shape index (κ1) is 24.2. The van der Waals surface area contributed by atoms with Gasteiger partial charge in [0.1, 0.15) is 22.3 Å². The van der Waals surface area contributed by atoms with E-state index in [1.54, 1.807) is 0 Å². The van der Waals surface area contributed by atoms with Crippen molar-refractivity contribution in [1.29, 1.82) is 0 Å². The second kappa shape index (κ2) is 9.71. The molecule has 0 spiro atoms. The van der Waals surface area contributed by atoms with Gasteiger partial charge in [-0.1, -0.05) is 12.1 Å². The molecule has 1 aliphatic rings. The minimum atomic E-state index is -4.19. The lowest BCUT2D eigenvalue weighted by atomic mass is 9.97. The zero-order valence-electron chi connectivity index (χ0n) is 18.9. The van der Waals surface area contributed by atoms with Gasteiger partial charge >= 0.3 is 0 Å². The molecular formula is C24H26F2N2O5S. The highest BCUT2D eigenvalue weighted by molar-refractivity contribution is 7.89. The second-order valence-electron chi connectivity index (χ2n) is 8.24. The van der Waals surface area contributed by atoms with Gasteiger partial charge in [-0.25, -0.2) is 17.2 Å². The van der Waals surface area contributed by atoms with Crippen LogP contribution in [0.5, 0.6) is 5.75 Å². The quantitative estimate of drug-likeness (QED) is 0.529. The average molecular weight is 493 g/mol. The molecule has 34 heavy (non-hydrogen) atoms. The summed E-state index contributed by atoms with van der Waals surface area (Å²) in [7, 11) is -4.19. The van der Waals surface area contributed by atoms with E-state index in [1.807, 2.05) is 38.1 Å². The molecule has 1 fully saturated rings. The molecule has 7 nitrogen and oxygen atoms in total. The number of sulfonamides is 1. The Morgan fingerprint density at radius 1 is 1.21 bits per heavy atom. The van der Waals surface area contributed by atoms with Crippen LogP contribution in [0.2, 0.25) is 0 Å². The highest BCUT2D eigenvalue weighted by Crippen LogP contribution is 2.32. The van der Waals surface area contributed by atoms with E-state index < -0.39 is 38.5 Å². The number of furan rings is 1. The Bertz CT molecular complexity index is 1300. The van der Waals surface area contributed by atoms with Crippen LogP contribution in [-0.4, -0.2) is 38.3 Å². The van der Waals surface area contributed by atoms with Crippen molar-refractivity contribution in [2.24, 2.45) is 5.92 Å². The van der Waals surface area contributed by atoms with Gasteiger partial charge in [0.05, 0.1) is 12.6 Å². The highest BCUT2D eigenvalue weighted by atomic mass is 32.2. The molecule has 10 heteroatoms. The fraction of sp³-hybridized carbons (Fsp3) is 0.375. The van der Waals surface area contributed by atoms with E-state index in [0.717, 1.165) is 21.8 Å². The third-order valence-electron chi connectivity index (χ3n) is 5.95. The Balaban J connectivity index is 1.39. The van der Waals surface area contributed by atoms with Crippen LogP contribution >= 0.6 is 0 Å². The zero-order chi connectivity index (χ0) is 24.5. The number of rotatable bonds is 7. The smallest absolute Gasteiger partial charge is 0.246 e. The standard InChI is InChI=1S/C24H26F2N2O5S/c1-3-32-20-6-4-5-17-13-21(33-23(17)20)15(2)27-24(29)16-9-11-28(12-10-16)34(30,31)22-14-18(25)7-8-19(22)26/h4-8,13-16H,3,9-12H2,1-2H3,(H,27,29). The normalized spacial score (nSPS) is 16.5. The molecule has 1 aromatic heterocycles. The number of nitrogens with one attached hydrogen (secondary N) is 1. The third-order valence-corrected chi connectivity index (χ3v) is 7.86. The van der Waals surface area contributed by atoms with Crippen LogP contribution < -0.4 is 10.1 Å². The van der Waals surface area contributed by atoms with E-state index in [9.17, 15) is 22.0 Å². The summed E-state index contributed by atoms with van der Waals surface area (Å²) in [4.78, 5) is 12.1. The molecule has 0 radical (unpaired) electrons. The summed E-state index contributed by atoms with van der Waals surface area (Å²) < 4.78 is 65.6.